The van der Waals surface area contributed by atoms with Crippen molar-refractivity contribution in [2.24, 2.45) is 0 Å². The summed E-state index contributed by atoms with van der Waals surface area (Å²) >= 11 is 0. The van der Waals surface area contributed by atoms with E-state index in [1.807, 2.05) is 0 Å². The van der Waals surface area contributed by atoms with Crippen molar-refractivity contribution in [2.75, 3.05) is 0 Å². The Labute approximate surface area is 107 Å². The van der Waals surface area contributed by atoms with Crippen LogP contribution in [-0.2, 0) is 17.9 Å². The summed E-state index contributed by atoms with van der Waals surface area (Å²) in [6.45, 7) is 0. The number of hydrogen-bond donors (Lipinski definition) is 7. The second-order valence-electron chi connectivity index (χ2n) is 1.40. The summed E-state index contributed by atoms with van der Waals surface area (Å²) in [4.78, 5) is 45.1. The van der Waals surface area contributed by atoms with Crippen LogP contribution in [0.15, 0.2) is 0 Å². The molecule has 0 saturated heterocycles. The van der Waals surface area contributed by atoms with Crippen LogP contribution in [0.2, 0.25) is 0 Å². The molecule has 0 heterocycles. The van der Waals surface area contributed by atoms with Crippen molar-refractivity contribution >= 4 is 54.3 Å². The molecule has 0 saturated carbocycles. The molecule has 90 valence electrons. The molecule has 0 bridgehead atoms. The molecule has 0 rings (SSSR count). The average molecular weight is 297 g/mol. The van der Waals surface area contributed by atoms with E-state index in [0.717, 1.165) is 0 Å². The molecule has 0 amide bonds. The number of rotatable bonds is 2. The van der Waals surface area contributed by atoms with Crippen LogP contribution in [-0.4, -0.2) is 67.7 Å². The zero-order valence-electron chi connectivity index (χ0n) is 6.42. The monoisotopic (exact) mass is 297 g/mol. The first kappa shape index (κ1) is 25.0. The molecular weight excluding hydrogens is 287 g/mol. The van der Waals surface area contributed by atoms with Crippen molar-refractivity contribution in [3.8, 4) is 0 Å². The van der Waals surface area contributed by atoms with Gasteiger partial charge in [-0.3, -0.25) is 0 Å². The SMILES string of the molecule is N.O=P(=O)O[Si](O)(O)O.O=P(O)(O)O.[NaH]. The molecule has 0 fully saturated rings. The molecule has 9 N–H and O–H groups in total. The first-order chi connectivity index (χ1) is 5.42. The van der Waals surface area contributed by atoms with E-state index < -0.39 is 24.8 Å². The van der Waals surface area contributed by atoms with Crippen LogP contribution in [0.4, 0.5) is 0 Å². The molecule has 0 aromatic rings. The van der Waals surface area contributed by atoms with Gasteiger partial charge in [-0.15, -0.1) is 0 Å². The van der Waals surface area contributed by atoms with Gasteiger partial charge in [-0.25, -0.2) is 17.9 Å². The van der Waals surface area contributed by atoms with Gasteiger partial charge in [-0.1, -0.05) is 0 Å². The normalized spacial score (nSPS) is 10.0. The molecule has 0 aromatic heterocycles. The molecular formula is H10NNaO10P2Si. The van der Waals surface area contributed by atoms with Crippen molar-refractivity contribution in [1.29, 1.82) is 0 Å². The van der Waals surface area contributed by atoms with E-state index >= 15 is 0 Å². The van der Waals surface area contributed by atoms with Crippen LogP contribution in [0.25, 0.3) is 0 Å². The van der Waals surface area contributed by atoms with Gasteiger partial charge in [0.15, 0.2) is 0 Å². The predicted octanol–water partition coefficient (Wildman–Crippen LogP) is -2.91. The van der Waals surface area contributed by atoms with E-state index in [4.69, 9.17) is 33.6 Å². The molecule has 15 heteroatoms. The quantitative estimate of drug-likeness (QED) is 0.202. The van der Waals surface area contributed by atoms with Crippen LogP contribution in [0.1, 0.15) is 0 Å². The fourth-order valence-electron chi connectivity index (χ4n) is 0.100. The van der Waals surface area contributed by atoms with Gasteiger partial charge in [-0.05, 0) is 0 Å². The summed E-state index contributed by atoms with van der Waals surface area (Å²) in [5.74, 6) is 0. The first-order valence-electron chi connectivity index (χ1n) is 2.21. The molecule has 0 spiro atoms. The number of hydrogen-bond acceptors (Lipinski definition) is 8. The Morgan fingerprint density at radius 2 is 1.27 bits per heavy atom. The van der Waals surface area contributed by atoms with Gasteiger partial charge in [0.25, 0.3) is 0 Å². The number of phosphoric acid groups is 1. The summed E-state index contributed by atoms with van der Waals surface area (Å²) in [5.41, 5.74) is 0. The average Bonchev–Trinajstić information content (AvgIpc) is 1.47. The molecule has 0 aliphatic heterocycles. The van der Waals surface area contributed by atoms with Crippen LogP contribution < -0.4 is 6.15 Å². The fourth-order valence-corrected chi connectivity index (χ4v) is 0.900. The Balaban J connectivity index is -0.0000000770. The molecule has 0 aliphatic carbocycles. The second-order valence-corrected chi connectivity index (χ2v) is 4.75. The van der Waals surface area contributed by atoms with Gasteiger partial charge in [0.1, 0.15) is 0 Å². The summed E-state index contributed by atoms with van der Waals surface area (Å²) in [7, 11) is -12.8. The molecule has 11 nitrogen and oxygen atoms in total. The maximum absolute atomic E-state index is 9.38. The van der Waals surface area contributed by atoms with Gasteiger partial charge >= 0.3 is 54.3 Å². The molecule has 15 heavy (non-hydrogen) atoms. The van der Waals surface area contributed by atoms with Gasteiger partial charge in [0.05, 0.1) is 0 Å². The van der Waals surface area contributed by atoms with E-state index in [9.17, 15) is 9.13 Å². The van der Waals surface area contributed by atoms with E-state index in [1.165, 1.54) is 0 Å². The van der Waals surface area contributed by atoms with E-state index in [-0.39, 0.29) is 35.7 Å². The topological polar surface area (TPSA) is 217 Å². The molecule has 0 unspecified atom stereocenters. The Bertz CT molecular complexity index is 232. The van der Waals surface area contributed by atoms with E-state index in [2.05, 4.69) is 4.21 Å². The van der Waals surface area contributed by atoms with Crippen LogP contribution in [0.3, 0.4) is 0 Å². The minimum atomic E-state index is -4.82. The molecule has 0 aromatic carbocycles. The van der Waals surface area contributed by atoms with Crippen molar-refractivity contribution < 1.29 is 47.0 Å². The van der Waals surface area contributed by atoms with Gasteiger partial charge < -0.3 is 35.2 Å². The van der Waals surface area contributed by atoms with Gasteiger partial charge in [0, 0.05) is 0 Å². The predicted molar refractivity (Wildman–Crippen MR) is 48.2 cm³/mol. The Morgan fingerprint density at radius 3 is 1.27 bits per heavy atom. The van der Waals surface area contributed by atoms with Crippen molar-refractivity contribution in [3.63, 3.8) is 0 Å². The second kappa shape index (κ2) is 10.2. The van der Waals surface area contributed by atoms with Crippen LogP contribution in [0.5, 0.6) is 0 Å². The third kappa shape index (κ3) is 70.2. The van der Waals surface area contributed by atoms with Gasteiger partial charge in [-0.2, -0.15) is 0 Å². The first-order valence-corrected chi connectivity index (χ1v) is 6.62. The van der Waals surface area contributed by atoms with Crippen LogP contribution in [0, 0.1) is 0 Å². The molecule has 0 atom stereocenters. The summed E-state index contributed by atoms with van der Waals surface area (Å²) < 4.78 is 30.8. The Kier molecular flexibility index (Phi) is 17.0. The van der Waals surface area contributed by atoms with Crippen molar-refractivity contribution in [2.45, 2.75) is 0 Å². The zero-order chi connectivity index (χ0) is 11.3. The van der Waals surface area contributed by atoms with Crippen molar-refractivity contribution in [1.82, 2.24) is 6.15 Å². The summed E-state index contributed by atoms with van der Waals surface area (Å²) in [6, 6.07) is 0. The minimum absolute atomic E-state index is 0. The van der Waals surface area contributed by atoms with Gasteiger partial charge in [0.2, 0.25) is 0 Å². The maximum atomic E-state index is 9.38. The standard InChI is InChI=1S/H3N.Na.H3O6PSi.H3O4P.H/c;;1-7(2)6-8(3,4)5;1-5(2,3)4;/h1H3;;3-5H;(H3,1,2,3,4);. The summed E-state index contributed by atoms with van der Waals surface area (Å²) in [6.07, 6.45) is 0. The van der Waals surface area contributed by atoms with E-state index in [1.54, 1.807) is 0 Å². The third-order valence-electron chi connectivity index (χ3n) is 0.197. The Hall–Kier alpha value is 1.03. The molecule has 0 aliphatic rings. The van der Waals surface area contributed by atoms with Crippen molar-refractivity contribution in [3.05, 3.63) is 0 Å². The third-order valence-corrected chi connectivity index (χ3v) is 1.77. The van der Waals surface area contributed by atoms with Crippen LogP contribution >= 0.6 is 15.7 Å². The Morgan fingerprint density at radius 1 is 1.07 bits per heavy atom. The fraction of sp³-hybridized carbons (Fsp3) is 0. The van der Waals surface area contributed by atoms with E-state index in [0.29, 0.717) is 0 Å². The zero-order valence-corrected chi connectivity index (χ0v) is 9.21. The molecule has 0 radical (unpaired) electrons. The summed E-state index contributed by atoms with van der Waals surface area (Å²) in [5, 5.41) is 0.